The number of hydrogen-bond acceptors (Lipinski definition) is 2. The number of aryl methyl sites for hydroxylation is 1. The van der Waals surface area contributed by atoms with Crippen LogP contribution in [0.2, 0.25) is 0 Å². The summed E-state index contributed by atoms with van der Waals surface area (Å²) in [6.45, 7) is 0.797. The first-order chi connectivity index (χ1) is 8.70. The number of carboxylic acids is 1. The van der Waals surface area contributed by atoms with Crippen molar-refractivity contribution in [3.05, 3.63) is 29.3 Å². The Hall–Kier alpha value is -1.51. The second-order valence-corrected chi connectivity index (χ2v) is 5.51. The van der Waals surface area contributed by atoms with Crippen LogP contribution in [-0.2, 0) is 17.6 Å². The molecular formula is C15H18O3. The average Bonchev–Trinajstić information content (AvgIpc) is 2.33. The second-order valence-electron chi connectivity index (χ2n) is 5.51. The van der Waals surface area contributed by atoms with Gasteiger partial charge in [0.15, 0.2) is 0 Å². The molecule has 1 N–H and O–H groups in total. The number of aliphatic carboxylic acids is 1. The minimum absolute atomic E-state index is 0.496. The molecule has 0 saturated heterocycles. The molecule has 1 aromatic carbocycles. The lowest BCUT2D eigenvalue weighted by molar-refractivity contribution is -0.154. The van der Waals surface area contributed by atoms with Crippen LogP contribution in [0.5, 0.6) is 5.75 Å². The summed E-state index contributed by atoms with van der Waals surface area (Å²) in [5.41, 5.74) is 1.88. The van der Waals surface area contributed by atoms with Gasteiger partial charge >= 0.3 is 5.97 Å². The maximum absolute atomic E-state index is 11.4. The normalized spacial score (nSPS) is 20.4. The molecule has 0 radical (unpaired) electrons. The summed E-state index contributed by atoms with van der Waals surface area (Å²) in [4.78, 5) is 11.4. The zero-order chi connectivity index (χ0) is 12.6. The molecule has 0 bridgehead atoms. The molecule has 1 aromatic rings. The van der Waals surface area contributed by atoms with Crippen molar-refractivity contribution in [3.63, 3.8) is 0 Å². The Bertz CT molecular complexity index is 475. The Labute approximate surface area is 107 Å². The highest BCUT2D eigenvalue weighted by molar-refractivity contribution is 5.76. The van der Waals surface area contributed by atoms with Gasteiger partial charge in [0.25, 0.3) is 0 Å². The van der Waals surface area contributed by atoms with Gasteiger partial charge in [0.05, 0.1) is 12.0 Å². The van der Waals surface area contributed by atoms with Gasteiger partial charge < -0.3 is 9.84 Å². The van der Waals surface area contributed by atoms with Crippen molar-refractivity contribution in [2.24, 2.45) is 5.41 Å². The number of ether oxygens (including phenoxy) is 1. The Morgan fingerprint density at radius 3 is 2.83 bits per heavy atom. The SMILES string of the molecule is O=C(O)C1(Cc2ccc3c(c2)CCCO3)CCC1. The van der Waals surface area contributed by atoms with Gasteiger partial charge in [-0.25, -0.2) is 0 Å². The van der Waals surface area contributed by atoms with Crippen molar-refractivity contribution >= 4 is 5.97 Å². The second kappa shape index (κ2) is 4.30. The quantitative estimate of drug-likeness (QED) is 0.892. The molecule has 3 nitrogen and oxygen atoms in total. The fourth-order valence-electron chi connectivity index (χ4n) is 2.98. The van der Waals surface area contributed by atoms with Crippen LogP contribution < -0.4 is 4.74 Å². The number of benzene rings is 1. The van der Waals surface area contributed by atoms with Crippen molar-refractivity contribution in [3.8, 4) is 5.75 Å². The zero-order valence-electron chi connectivity index (χ0n) is 10.4. The van der Waals surface area contributed by atoms with Crippen molar-refractivity contribution in [2.75, 3.05) is 6.61 Å². The molecule has 3 rings (SSSR count). The highest BCUT2D eigenvalue weighted by Crippen LogP contribution is 2.44. The maximum atomic E-state index is 11.4. The van der Waals surface area contributed by atoms with Gasteiger partial charge in [-0.15, -0.1) is 0 Å². The van der Waals surface area contributed by atoms with Gasteiger partial charge in [0, 0.05) is 0 Å². The fourth-order valence-corrected chi connectivity index (χ4v) is 2.98. The Morgan fingerprint density at radius 2 is 2.17 bits per heavy atom. The molecule has 0 spiro atoms. The Kier molecular flexibility index (Phi) is 2.77. The van der Waals surface area contributed by atoms with Crippen LogP contribution in [0.25, 0.3) is 0 Å². The van der Waals surface area contributed by atoms with Crippen LogP contribution in [0.4, 0.5) is 0 Å². The molecule has 1 aliphatic carbocycles. The minimum atomic E-state index is -0.636. The topological polar surface area (TPSA) is 46.5 Å². The van der Waals surface area contributed by atoms with E-state index < -0.39 is 11.4 Å². The summed E-state index contributed by atoms with van der Waals surface area (Å²) in [5, 5.41) is 9.36. The zero-order valence-corrected chi connectivity index (χ0v) is 10.4. The van der Waals surface area contributed by atoms with Crippen LogP contribution in [0, 0.1) is 5.41 Å². The standard InChI is InChI=1S/C15H18O3/c16-14(17)15(6-2-7-15)10-11-4-5-13-12(9-11)3-1-8-18-13/h4-5,9H,1-3,6-8,10H2,(H,16,17). The molecule has 1 fully saturated rings. The van der Waals surface area contributed by atoms with Gasteiger partial charge in [0.1, 0.15) is 5.75 Å². The fraction of sp³-hybridized carbons (Fsp3) is 0.533. The van der Waals surface area contributed by atoms with E-state index in [2.05, 4.69) is 6.07 Å². The van der Waals surface area contributed by atoms with Gasteiger partial charge in [-0.1, -0.05) is 18.6 Å². The molecular weight excluding hydrogens is 228 g/mol. The smallest absolute Gasteiger partial charge is 0.309 e. The predicted molar refractivity (Wildman–Crippen MR) is 67.9 cm³/mol. The first kappa shape index (κ1) is 11.6. The highest BCUT2D eigenvalue weighted by atomic mass is 16.5. The third-order valence-corrected chi connectivity index (χ3v) is 4.28. The van der Waals surface area contributed by atoms with E-state index in [1.165, 1.54) is 5.56 Å². The van der Waals surface area contributed by atoms with Gasteiger partial charge in [-0.3, -0.25) is 4.79 Å². The van der Waals surface area contributed by atoms with E-state index >= 15 is 0 Å². The largest absolute Gasteiger partial charge is 0.493 e. The molecule has 0 amide bonds. The van der Waals surface area contributed by atoms with Crippen molar-refractivity contribution < 1.29 is 14.6 Å². The Balaban J connectivity index is 1.82. The molecule has 0 aromatic heterocycles. The molecule has 0 unspecified atom stereocenters. The van der Waals surface area contributed by atoms with E-state index in [9.17, 15) is 9.90 Å². The third kappa shape index (κ3) is 1.88. The number of carbonyl (C=O) groups is 1. The van der Waals surface area contributed by atoms with Crippen LogP contribution in [0.15, 0.2) is 18.2 Å². The third-order valence-electron chi connectivity index (χ3n) is 4.28. The van der Waals surface area contributed by atoms with Gasteiger partial charge in [-0.05, 0) is 49.3 Å². The molecule has 1 heterocycles. The van der Waals surface area contributed by atoms with Crippen molar-refractivity contribution in [1.82, 2.24) is 0 Å². The van der Waals surface area contributed by atoms with Crippen molar-refractivity contribution in [2.45, 2.75) is 38.5 Å². The van der Waals surface area contributed by atoms with E-state index in [-0.39, 0.29) is 0 Å². The first-order valence-corrected chi connectivity index (χ1v) is 6.68. The van der Waals surface area contributed by atoms with E-state index in [0.717, 1.165) is 50.0 Å². The van der Waals surface area contributed by atoms with E-state index in [4.69, 9.17) is 4.74 Å². The molecule has 1 saturated carbocycles. The Morgan fingerprint density at radius 1 is 1.33 bits per heavy atom. The first-order valence-electron chi connectivity index (χ1n) is 6.68. The lowest BCUT2D eigenvalue weighted by atomic mass is 9.65. The van der Waals surface area contributed by atoms with Crippen molar-refractivity contribution in [1.29, 1.82) is 0 Å². The predicted octanol–water partition coefficient (Wildman–Crippen LogP) is 2.81. The summed E-state index contributed by atoms with van der Waals surface area (Å²) in [6.07, 6.45) is 5.44. The summed E-state index contributed by atoms with van der Waals surface area (Å²) >= 11 is 0. The van der Waals surface area contributed by atoms with E-state index in [0.29, 0.717) is 6.42 Å². The van der Waals surface area contributed by atoms with Crippen LogP contribution in [-0.4, -0.2) is 17.7 Å². The summed E-state index contributed by atoms with van der Waals surface area (Å²) in [5.74, 6) is 0.339. The van der Waals surface area contributed by atoms with Crippen LogP contribution in [0.1, 0.15) is 36.8 Å². The van der Waals surface area contributed by atoms with Gasteiger partial charge in [0.2, 0.25) is 0 Å². The minimum Gasteiger partial charge on any atom is -0.493 e. The number of rotatable bonds is 3. The lowest BCUT2D eigenvalue weighted by Crippen LogP contribution is -2.39. The summed E-state index contributed by atoms with van der Waals surface area (Å²) in [6, 6.07) is 6.16. The lowest BCUT2D eigenvalue weighted by Gasteiger charge is -2.38. The number of carboxylic acid groups (broad SMARTS) is 1. The molecule has 18 heavy (non-hydrogen) atoms. The molecule has 96 valence electrons. The summed E-state index contributed by atoms with van der Waals surface area (Å²) < 4.78 is 5.58. The van der Waals surface area contributed by atoms with Crippen LogP contribution in [0.3, 0.4) is 0 Å². The number of hydrogen-bond donors (Lipinski definition) is 1. The molecule has 2 aliphatic rings. The number of fused-ring (bicyclic) bond motifs is 1. The molecule has 1 aliphatic heterocycles. The monoisotopic (exact) mass is 246 g/mol. The van der Waals surface area contributed by atoms with Crippen LogP contribution >= 0.6 is 0 Å². The highest BCUT2D eigenvalue weighted by Gasteiger charge is 2.44. The summed E-state index contributed by atoms with van der Waals surface area (Å²) in [7, 11) is 0. The molecule has 0 atom stereocenters. The maximum Gasteiger partial charge on any atom is 0.309 e. The molecule has 3 heteroatoms. The average molecular weight is 246 g/mol. The van der Waals surface area contributed by atoms with E-state index in [1.807, 2.05) is 12.1 Å². The van der Waals surface area contributed by atoms with E-state index in [1.54, 1.807) is 0 Å². The van der Waals surface area contributed by atoms with Gasteiger partial charge in [-0.2, -0.15) is 0 Å².